The number of aliphatic carboxylic acids is 1. The van der Waals surface area contributed by atoms with E-state index in [-0.39, 0.29) is 6.42 Å². The van der Waals surface area contributed by atoms with Crippen molar-refractivity contribution in [3.05, 3.63) is 19.8 Å². The molecule has 1 rings (SSSR count). The molecule has 0 saturated heterocycles. The van der Waals surface area contributed by atoms with E-state index in [1.165, 1.54) is 11.3 Å². The largest absolute Gasteiger partial charge is 0.481 e. The SMILES string of the molecule is NC(CC(=O)O)c1cc(Cl)c(Br)s1. The fraction of sp³-hybridized carbons (Fsp3) is 0.286. The van der Waals surface area contributed by atoms with Crippen LogP contribution in [-0.2, 0) is 4.79 Å². The minimum atomic E-state index is -0.909. The van der Waals surface area contributed by atoms with Crippen LogP contribution in [0.3, 0.4) is 0 Å². The lowest BCUT2D eigenvalue weighted by atomic mass is 10.2. The second-order valence-corrected chi connectivity index (χ2v) is 5.28. The van der Waals surface area contributed by atoms with Crippen molar-refractivity contribution >= 4 is 44.8 Å². The van der Waals surface area contributed by atoms with Gasteiger partial charge in [-0.3, -0.25) is 4.79 Å². The number of rotatable bonds is 3. The molecule has 0 radical (unpaired) electrons. The van der Waals surface area contributed by atoms with Crippen molar-refractivity contribution in [2.45, 2.75) is 12.5 Å². The summed E-state index contributed by atoms with van der Waals surface area (Å²) in [6.07, 6.45) is -0.0801. The smallest absolute Gasteiger partial charge is 0.305 e. The van der Waals surface area contributed by atoms with Gasteiger partial charge in [0.25, 0.3) is 0 Å². The van der Waals surface area contributed by atoms with Crippen LogP contribution in [0.15, 0.2) is 9.85 Å². The molecular weight excluding hydrogens is 278 g/mol. The standard InChI is InChI=1S/C7H7BrClNO2S/c8-7-3(9)1-5(13-7)4(10)2-6(11)12/h1,4H,2,10H2,(H,11,12). The maximum absolute atomic E-state index is 10.4. The molecule has 1 heterocycles. The van der Waals surface area contributed by atoms with E-state index < -0.39 is 12.0 Å². The summed E-state index contributed by atoms with van der Waals surface area (Å²) in [7, 11) is 0. The van der Waals surface area contributed by atoms with Crippen LogP contribution in [0.1, 0.15) is 17.3 Å². The lowest BCUT2D eigenvalue weighted by molar-refractivity contribution is -0.137. The molecule has 0 bridgehead atoms. The molecule has 0 aromatic carbocycles. The third-order valence-electron chi connectivity index (χ3n) is 1.42. The van der Waals surface area contributed by atoms with E-state index in [0.717, 1.165) is 8.66 Å². The summed E-state index contributed by atoms with van der Waals surface area (Å²) in [5.41, 5.74) is 5.63. The molecule has 0 spiro atoms. The van der Waals surface area contributed by atoms with Gasteiger partial charge >= 0.3 is 5.97 Å². The Bertz CT molecular complexity index is 309. The van der Waals surface area contributed by atoms with Crippen molar-refractivity contribution in [3.8, 4) is 0 Å². The molecule has 1 unspecified atom stereocenters. The highest BCUT2D eigenvalue weighted by Gasteiger charge is 2.14. The van der Waals surface area contributed by atoms with Crippen LogP contribution in [0.5, 0.6) is 0 Å². The molecule has 1 aromatic rings. The van der Waals surface area contributed by atoms with E-state index in [9.17, 15) is 4.79 Å². The van der Waals surface area contributed by atoms with Crippen molar-refractivity contribution in [1.29, 1.82) is 0 Å². The number of hydrogen-bond donors (Lipinski definition) is 2. The van der Waals surface area contributed by atoms with Crippen molar-refractivity contribution in [3.63, 3.8) is 0 Å². The molecule has 72 valence electrons. The van der Waals surface area contributed by atoms with Crippen molar-refractivity contribution < 1.29 is 9.90 Å². The first-order chi connectivity index (χ1) is 6.00. The molecule has 0 aliphatic rings. The number of carbonyl (C=O) groups is 1. The second kappa shape index (κ2) is 4.41. The Morgan fingerprint density at radius 3 is 2.85 bits per heavy atom. The summed E-state index contributed by atoms with van der Waals surface area (Å²) in [5, 5.41) is 9.07. The molecule has 1 atom stereocenters. The van der Waals surface area contributed by atoms with Gasteiger partial charge in [0.2, 0.25) is 0 Å². The van der Waals surface area contributed by atoms with E-state index in [1.807, 2.05) is 0 Å². The van der Waals surface area contributed by atoms with Gasteiger partial charge in [-0.2, -0.15) is 0 Å². The fourth-order valence-electron chi connectivity index (χ4n) is 0.835. The van der Waals surface area contributed by atoms with Crippen LogP contribution in [0.2, 0.25) is 5.02 Å². The quantitative estimate of drug-likeness (QED) is 0.897. The Morgan fingerprint density at radius 1 is 1.85 bits per heavy atom. The summed E-state index contributed by atoms with van der Waals surface area (Å²) in [6.45, 7) is 0. The maximum atomic E-state index is 10.4. The molecule has 0 fully saturated rings. The summed E-state index contributed by atoms with van der Waals surface area (Å²) in [5.74, 6) is -0.909. The third kappa shape index (κ3) is 2.95. The zero-order valence-corrected chi connectivity index (χ0v) is 9.62. The van der Waals surface area contributed by atoms with Crippen LogP contribution in [-0.4, -0.2) is 11.1 Å². The molecule has 1 aromatic heterocycles. The van der Waals surface area contributed by atoms with Crippen LogP contribution in [0, 0.1) is 0 Å². The normalized spacial score (nSPS) is 12.8. The topological polar surface area (TPSA) is 63.3 Å². The number of nitrogens with two attached hydrogens (primary N) is 1. The molecule has 13 heavy (non-hydrogen) atoms. The highest BCUT2D eigenvalue weighted by atomic mass is 79.9. The van der Waals surface area contributed by atoms with E-state index in [2.05, 4.69) is 15.9 Å². The monoisotopic (exact) mass is 283 g/mol. The average Bonchev–Trinajstić information content (AvgIpc) is 2.31. The van der Waals surface area contributed by atoms with Gasteiger partial charge in [-0.05, 0) is 22.0 Å². The van der Waals surface area contributed by atoms with E-state index in [4.69, 9.17) is 22.4 Å². The van der Waals surface area contributed by atoms with Crippen molar-refractivity contribution in [2.24, 2.45) is 5.73 Å². The lowest BCUT2D eigenvalue weighted by Crippen LogP contribution is -2.13. The van der Waals surface area contributed by atoms with Gasteiger partial charge in [0.15, 0.2) is 0 Å². The number of hydrogen-bond acceptors (Lipinski definition) is 3. The Balaban J connectivity index is 2.77. The summed E-state index contributed by atoms with van der Waals surface area (Å²) in [6, 6.07) is 1.20. The van der Waals surface area contributed by atoms with E-state index in [1.54, 1.807) is 6.07 Å². The Hall–Kier alpha value is -0.100. The van der Waals surface area contributed by atoms with Gasteiger partial charge in [0.1, 0.15) is 0 Å². The summed E-state index contributed by atoms with van der Waals surface area (Å²) >= 11 is 10.4. The number of halogens is 2. The number of thiophene rings is 1. The molecule has 0 aliphatic heterocycles. The number of carboxylic acids is 1. The van der Waals surface area contributed by atoms with Crippen molar-refractivity contribution in [1.82, 2.24) is 0 Å². The first-order valence-corrected chi connectivity index (χ1v) is 5.41. The summed E-state index contributed by atoms with van der Waals surface area (Å²) < 4.78 is 0.782. The Kier molecular flexibility index (Phi) is 3.73. The zero-order chi connectivity index (χ0) is 10.0. The molecule has 0 amide bonds. The fourth-order valence-corrected chi connectivity index (χ4v) is 2.58. The molecule has 6 heteroatoms. The number of carboxylic acid groups (broad SMARTS) is 1. The minimum absolute atomic E-state index is 0.0801. The minimum Gasteiger partial charge on any atom is -0.481 e. The zero-order valence-electron chi connectivity index (χ0n) is 6.46. The van der Waals surface area contributed by atoms with Crippen LogP contribution in [0.4, 0.5) is 0 Å². The predicted molar refractivity (Wildman–Crippen MR) is 56.2 cm³/mol. The molecule has 3 N–H and O–H groups in total. The van der Waals surface area contributed by atoms with Crippen LogP contribution in [0.25, 0.3) is 0 Å². The molecule has 3 nitrogen and oxygen atoms in total. The van der Waals surface area contributed by atoms with E-state index in [0.29, 0.717) is 5.02 Å². The molecule has 0 saturated carbocycles. The first kappa shape index (κ1) is 11.0. The van der Waals surface area contributed by atoms with Gasteiger partial charge in [-0.15, -0.1) is 11.3 Å². The Morgan fingerprint density at radius 2 is 2.46 bits per heavy atom. The Labute approximate surface area is 92.6 Å². The van der Waals surface area contributed by atoms with E-state index >= 15 is 0 Å². The average molecular weight is 285 g/mol. The van der Waals surface area contributed by atoms with Crippen molar-refractivity contribution in [2.75, 3.05) is 0 Å². The lowest BCUT2D eigenvalue weighted by Gasteiger charge is -2.04. The maximum Gasteiger partial charge on any atom is 0.305 e. The first-order valence-electron chi connectivity index (χ1n) is 3.43. The molecule has 0 aliphatic carbocycles. The highest BCUT2D eigenvalue weighted by molar-refractivity contribution is 9.11. The van der Waals surface area contributed by atoms with Gasteiger partial charge in [-0.25, -0.2) is 0 Å². The van der Waals surface area contributed by atoms with Crippen LogP contribution < -0.4 is 5.73 Å². The predicted octanol–water partition coefficient (Wildman–Crippen LogP) is 2.64. The third-order valence-corrected chi connectivity index (χ3v) is 4.03. The van der Waals surface area contributed by atoms with Gasteiger partial charge in [0, 0.05) is 10.9 Å². The summed E-state index contributed by atoms with van der Waals surface area (Å²) in [4.78, 5) is 11.1. The van der Waals surface area contributed by atoms with Gasteiger partial charge < -0.3 is 10.8 Å². The second-order valence-electron chi connectivity index (χ2n) is 2.47. The van der Waals surface area contributed by atoms with Crippen LogP contribution >= 0.6 is 38.9 Å². The van der Waals surface area contributed by atoms with Gasteiger partial charge in [0.05, 0.1) is 15.2 Å². The molecular formula is C7H7BrClNO2S. The van der Waals surface area contributed by atoms with Gasteiger partial charge in [-0.1, -0.05) is 11.6 Å². The highest BCUT2D eigenvalue weighted by Crippen LogP contribution is 2.35.